The van der Waals surface area contributed by atoms with Crippen molar-refractivity contribution >= 4 is 33.4 Å². The molecule has 34 heavy (non-hydrogen) atoms. The molecule has 5 rings (SSSR count). The van der Waals surface area contributed by atoms with Crippen LogP contribution in [0.2, 0.25) is 0 Å². The lowest BCUT2D eigenvalue weighted by molar-refractivity contribution is -0.115. The molecule has 1 amide bonds. The maximum atomic E-state index is 12.9. The topological polar surface area (TPSA) is 110 Å². The molecule has 0 bridgehead atoms. The van der Waals surface area contributed by atoms with Crippen LogP contribution in [0.1, 0.15) is 38.6 Å². The van der Waals surface area contributed by atoms with E-state index >= 15 is 0 Å². The number of anilines is 1. The van der Waals surface area contributed by atoms with E-state index in [1.807, 2.05) is 19.1 Å². The van der Waals surface area contributed by atoms with Gasteiger partial charge in [-0.2, -0.15) is 4.31 Å². The van der Waals surface area contributed by atoms with Gasteiger partial charge in [-0.25, -0.2) is 8.42 Å². The van der Waals surface area contributed by atoms with E-state index in [0.717, 1.165) is 37.1 Å². The molecule has 9 nitrogen and oxygen atoms in total. The van der Waals surface area contributed by atoms with Gasteiger partial charge in [-0.05, 0) is 69.0 Å². The van der Waals surface area contributed by atoms with Crippen molar-refractivity contribution in [1.29, 1.82) is 0 Å². The molecule has 3 aromatic rings. The number of benzene rings is 1. The Kier molecular flexibility index (Phi) is 6.41. The van der Waals surface area contributed by atoms with Crippen LogP contribution in [-0.2, 0) is 14.8 Å². The van der Waals surface area contributed by atoms with E-state index in [9.17, 15) is 13.2 Å². The van der Waals surface area contributed by atoms with E-state index in [1.54, 1.807) is 36.7 Å². The Balaban J connectivity index is 1.26. The molecule has 2 aromatic heterocycles. The molecule has 1 atom stereocenters. The number of hydrogen-bond donors (Lipinski definition) is 1. The Morgan fingerprint density at radius 2 is 1.85 bits per heavy atom. The van der Waals surface area contributed by atoms with Crippen LogP contribution < -0.4 is 5.32 Å². The zero-order valence-corrected chi connectivity index (χ0v) is 20.4. The molecule has 3 heterocycles. The Morgan fingerprint density at radius 3 is 2.50 bits per heavy atom. The first-order valence-electron chi connectivity index (χ1n) is 11.4. The number of hydrogen-bond acceptors (Lipinski definition) is 7. The second-order valence-electron chi connectivity index (χ2n) is 8.53. The first-order chi connectivity index (χ1) is 16.4. The summed E-state index contributed by atoms with van der Waals surface area (Å²) in [6.07, 6.45) is 7.39. The van der Waals surface area contributed by atoms with Crippen molar-refractivity contribution < 1.29 is 13.2 Å². The van der Waals surface area contributed by atoms with E-state index in [2.05, 4.69) is 25.1 Å². The highest BCUT2D eigenvalue weighted by molar-refractivity contribution is 8.00. The molecule has 1 aliphatic carbocycles. The molecule has 1 aliphatic heterocycles. The van der Waals surface area contributed by atoms with Gasteiger partial charge in [0, 0.05) is 42.8 Å². The first-order valence-corrected chi connectivity index (χ1v) is 13.7. The molecular formula is C23H26N6O3S2. The van der Waals surface area contributed by atoms with Crippen molar-refractivity contribution in [3.05, 3.63) is 48.8 Å². The summed E-state index contributed by atoms with van der Waals surface area (Å²) >= 11 is 1.36. The molecule has 1 saturated heterocycles. The van der Waals surface area contributed by atoms with Crippen LogP contribution >= 0.6 is 11.8 Å². The highest BCUT2D eigenvalue weighted by atomic mass is 32.2. The fourth-order valence-electron chi connectivity index (χ4n) is 3.95. The highest BCUT2D eigenvalue weighted by Gasteiger charge is 2.32. The van der Waals surface area contributed by atoms with Gasteiger partial charge in [-0.15, -0.1) is 10.2 Å². The average molecular weight is 499 g/mol. The molecule has 0 unspecified atom stereocenters. The molecule has 11 heteroatoms. The van der Waals surface area contributed by atoms with Crippen LogP contribution in [0.25, 0.3) is 11.4 Å². The second kappa shape index (κ2) is 9.47. The third-order valence-electron chi connectivity index (χ3n) is 5.97. The van der Waals surface area contributed by atoms with Crippen LogP contribution in [0.15, 0.2) is 58.8 Å². The smallest absolute Gasteiger partial charge is 0.243 e. The quantitative estimate of drug-likeness (QED) is 0.473. The summed E-state index contributed by atoms with van der Waals surface area (Å²) in [5.74, 6) is 0.578. The SMILES string of the molecule is C[C@@H](Sc1nnc(-c2cccnc2)n1C1CC1)C(=O)Nc1ccc(S(=O)(=O)N2CCCC2)cc1. The monoisotopic (exact) mass is 498 g/mol. The van der Waals surface area contributed by atoms with Gasteiger partial charge in [0.1, 0.15) is 0 Å². The van der Waals surface area contributed by atoms with E-state index < -0.39 is 15.3 Å². The van der Waals surface area contributed by atoms with E-state index in [1.165, 1.54) is 16.1 Å². The Bertz CT molecular complexity index is 1270. The number of nitrogens with zero attached hydrogens (tertiary/aromatic N) is 5. The van der Waals surface area contributed by atoms with Crippen molar-refractivity contribution in [2.45, 2.75) is 54.0 Å². The third-order valence-corrected chi connectivity index (χ3v) is 8.94. The van der Waals surface area contributed by atoms with Crippen molar-refractivity contribution in [3.8, 4) is 11.4 Å². The second-order valence-corrected chi connectivity index (χ2v) is 11.8. The van der Waals surface area contributed by atoms with Gasteiger partial charge in [0.2, 0.25) is 15.9 Å². The fourth-order valence-corrected chi connectivity index (χ4v) is 6.39. The van der Waals surface area contributed by atoms with Crippen LogP contribution in [0.4, 0.5) is 5.69 Å². The summed E-state index contributed by atoms with van der Waals surface area (Å²) in [5, 5.41) is 11.9. The minimum Gasteiger partial charge on any atom is -0.325 e. The van der Waals surface area contributed by atoms with E-state index in [-0.39, 0.29) is 10.8 Å². The zero-order valence-electron chi connectivity index (χ0n) is 18.8. The minimum atomic E-state index is -3.47. The van der Waals surface area contributed by atoms with Crippen LogP contribution in [0, 0.1) is 0 Å². The summed E-state index contributed by atoms with van der Waals surface area (Å²) < 4.78 is 29.0. The minimum absolute atomic E-state index is 0.187. The number of thioether (sulfide) groups is 1. The lowest BCUT2D eigenvalue weighted by Gasteiger charge is -2.16. The van der Waals surface area contributed by atoms with Gasteiger partial charge in [-0.3, -0.25) is 14.3 Å². The van der Waals surface area contributed by atoms with Crippen LogP contribution in [0.3, 0.4) is 0 Å². The lowest BCUT2D eigenvalue weighted by atomic mass is 10.3. The Hall–Kier alpha value is -2.76. The number of carbonyl (C=O) groups is 1. The molecule has 2 aliphatic rings. The number of carbonyl (C=O) groups excluding carboxylic acids is 1. The molecule has 1 saturated carbocycles. The van der Waals surface area contributed by atoms with E-state index in [4.69, 9.17) is 0 Å². The maximum absolute atomic E-state index is 12.9. The van der Waals surface area contributed by atoms with Gasteiger partial charge in [0.25, 0.3) is 0 Å². The van der Waals surface area contributed by atoms with Crippen LogP contribution in [0.5, 0.6) is 0 Å². The number of pyridine rings is 1. The molecule has 0 radical (unpaired) electrons. The summed E-state index contributed by atoms with van der Waals surface area (Å²) in [6.45, 7) is 2.94. The zero-order chi connectivity index (χ0) is 23.7. The molecule has 1 N–H and O–H groups in total. The number of aromatic nitrogens is 4. The summed E-state index contributed by atoms with van der Waals surface area (Å²) in [5.41, 5.74) is 1.45. The predicted octanol–water partition coefficient (Wildman–Crippen LogP) is 3.58. The van der Waals surface area contributed by atoms with Crippen molar-refractivity contribution in [3.63, 3.8) is 0 Å². The van der Waals surface area contributed by atoms with E-state index in [0.29, 0.717) is 30.0 Å². The third kappa shape index (κ3) is 4.73. The van der Waals surface area contributed by atoms with Crippen molar-refractivity contribution in [2.24, 2.45) is 0 Å². The Morgan fingerprint density at radius 1 is 1.12 bits per heavy atom. The van der Waals surface area contributed by atoms with Gasteiger partial charge in [-0.1, -0.05) is 11.8 Å². The lowest BCUT2D eigenvalue weighted by Crippen LogP contribution is -2.27. The molecule has 2 fully saturated rings. The average Bonchev–Trinajstić information content (AvgIpc) is 3.34. The number of amides is 1. The number of nitrogens with one attached hydrogen (secondary N) is 1. The van der Waals surface area contributed by atoms with Gasteiger partial charge < -0.3 is 5.32 Å². The molecule has 0 spiro atoms. The van der Waals surface area contributed by atoms with Crippen LogP contribution in [-0.4, -0.2) is 56.7 Å². The molecular weight excluding hydrogens is 472 g/mol. The molecule has 1 aromatic carbocycles. The van der Waals surface area contributed by atoms with Gasteiger partial charge in [0.15, 0.2) is 11.0 Å². The van der Waals surface area contributed by atoms with Gasteiger partial charge >= 0.3 is 0 Å². The largest absolute Gasteiger partial charge is 0.325 e. The summed E-state index contributed by atoms with van der Waals surface area (Å²) in [7, 11) is -3.47. The summed E-state index contributed by atoms with van der Waals surface area (Å²) in [4.78, 5) is 17.3. The number of sulfonamides is 1. The highest BCUT2D eigenvalue weighted by Crippen LogP contribution is 2.41. The first kappa shape index (κ1) is 23.0. The number of rotatable bonds is 8. The fraction of sp³-hybridized carbons (Fsp3) is 0.391. The van der Waals surface area contributed by atoms with Gasteiger partial charge in [0.05, 0.1) is 10.1 Å². The van der Waals surface area contributed by atoms with Crippen molar-refractivity contribution in [1.82, 2.24) is 24.1 Å². The van der Waals surface area contributed by atoms with Crippen molar-refractivity contribution in [2.75, 3.05) is 18.4 Å². The predicted molar refractivity (Wildman–Crippen MR) is 130 cm³/mol. The normalized spacial score (nSPS) is 17.6. The summed E-state index contributed by atoms with van der Waals surface area (Å²) in [6, 6.07) is 10.5. The maximum Gasteiger partial charge on any atom is 0.243 e. The Labute approximate surface area is 203 Å². The molecule has 178 valence electrons. The standard InChI is InChI=1S/C23H26N6O3S2/c1-16(33-23-27-26-21(29(23)19-8-9-19)17-5-4-12-24-15-17)22(30)25-18-6-10-20(11-7-18)34(31,32)28-13-2-3-14-28/h4-7,10-12,15-16,19H,2-3,8-9,13-14H2,1H3,(H,25,30)/t16-/m1/s1.